The lowest BCUT2D eigenvalue weighted by Gasteiger charge is -2.17. The molecule has 1 aromatic rings. The van der Waals surface area contributed by atoms with Gasteiger partial charge >= 0.3 is 0 Å². The van der Waals surface area contributed by atoms with Gasteiger partial charge in [0.25, 0.3) is 0 Å². The summed E-state index contributed by atoms with van der Waals surface area (Å²) in [4.78, 5) is 0. The smallest absolute Gasteiger partial charge is 0.126 e. The molecule has 17 heavy (non-hydrogen) atoms. The second-order valence-electron chi connectivity index (χ2n) is 4.51. The minimum absolute atomic E-state index is 0.152. The van der Waals surface area contributed by atoms with E-state index in [0.29, 0.717) is 0 Å². The molecule has 0 heterocycles. The fraction of sp³-hybridized carbons (Fsp3) is 0.571. The predicted molar refractivity (Wildman–Crippen MR) is 70.7 cm³/mol. The zero-order valence-corrected chi connectivity index (χ0v) is 11.2. The number of hydrogen-bond acceptors (Lipinski definition) is 3. The van der Waals surface area contributed by atoms with Gasteiger partial charge in [0.15, 0.2) is 0 Å². The Labute approximate surface area is 104 Å². The van der Waals surface area contributed by atoms with Gasteiger partial charge in [0.2, 0.25) is 0 Å². The van der Waals surface area contributed by atoms with Crippen molar-refractivity contribution in [3.8, 4) is 11.5 Å². The zero-order chi connectivity index (χ0) is 12.8. The molecular weight excluding hydrogens is 214 g/mol. The third-order valence-corrected chi connectivity index (χ3v) is 2.64. The molecule has 1 unspecified atom stereocenters. The van der Waals surface area contributed by atoms with E-state index in [0.717, 1.165) is 29.9 Å². The van der Waals surface area contributed by atoms with Crippen LogP contribution in [0, 0.1) is 0 Å². The molecule has 3 nitrogen and oxygen atoms in total. The summed E-state index contributed by atoms with van der Waals surface area (Å²) in [7, 11) is 1.66. The number of ether oxygens (including phenoxy) is 2. The fourth-order valence-electron chi connectivity index (χ4n) is 1.62. The first-order valence-electron chi connectivity index (χ1n) is 6.16. The second-order valence-corrected chi connectivity index (χ2v) is 4.51. The first-order chi connectivity index (χ1) is 8.06. The van der Waals surface area contributed by atoms with Gasteiger partial charge in [-0.3, -0.25) is 0 Å². The van der Waals surface area contributed by atoms with Crippen molar-refractivity contribution in [3.05, 3.63) is 23.8 Å². The van der Waals surface area contributed by atoms with Crippen LogP contribution >= 0.6 is 0 Å². The highest BCUT2D eigenvalue weighted by molar-refractivity contribution is 5.41. The van der Waals surface area contributed by atoms with Gasteiger partial charge in [0, 0.05) is 12.1 Å². The normalized spacial score (nSPS) is 12.6. The molecule has 1 aromatic carbocycles. The van der Waals surface area contributed by atoms with Crippen LogP contribution in [0.25, 0.3) is 0 Å². The van der Waals surface area contributed by atoms with Crippen LogP contribution in [0.4, 0.5) is 0 Å². The second kappa shape index (κ2) is 6.50. The van der Waals surface area contributed by atoms with E-state index in [1.807, 2.05) is 32.0 Å². The molecule has 0 aliphatic heterocycles. The van der Waals surface area contributed by atoms with Crippen LogP contribution in [0.1, 0.15) is 32.8 Å². The van der Waals surface area contributed by atoms with Gasteiger partial charge in [-0.1, -0.05) is 13.0 Å². The predicted octanol–water partition coefficient (Wildman–Crippen LogP) is 2.76. The van der Waals surface area contributed by atoms with Gasteiger partial charge in [-0.25, -0.2) is 0 Å². The van der Waals surface area contributed by atoms with E-state index in [9.17, 15) is 0 Å². The Hall–Kier alpha value is -1.22. The molecule has 0 saturated carbocycles. The molecule has 0 spiro atoms. The zero-order valence-electron chi connectivity index (χ0n) is 11.2. The average Bonchev–Trinajstić information content (AvgIpc) is 2.30. The monoisotopic (exact) mass is 237 g/mol. The lowest BCUT2D eigenvalue weighted by Crippen LogP contribution is -2.22. The highest BCUT2D eigenvalue weighted by atomic mass is 16.5. The summed E-state index contributed by atoms with van der Waals surface area (Å²) in [5.74, 6) is 1.69. The SMILES string of the molecule is CCC(N)Cc1ccc(OC)cc1OC(C)C. The lowest BCUT2D eigenvalue weighted by atomic mass is 10.0. The van der Waals surface area contributed by atoms with Crippen molar-refractivity contribution >= 4 is 0 Å². The van der Waals surface area contributed by atoms with Crippen LogP contribution in [0.15, 0.2) is 18.2 Å². The number of benzene rings is 1. The Bertz CT molecular complexity index is 350. The molecule has 2 N–H and O–H groups in total. The molecule has 3 heteroatoms. The van der Waals surface area contributed by atoms with Crippen LogP contribution in [-0.2, 0) is 6.42 Å². The van der Waals surface area contributed by atoms with Crippen molar-refractivity contribution in [1.82, 2.24) is 0 Å². The maximum atomic E-state index is 5.99. The molecule has 0 amide bonds. The Balaban J connectivity index is 2.93. The summed E-state index contributed by atoms with van der Waals surface area (Å²) < 4.78 is 11.0. The van der Waals surface area contributed by atoms with Crippen LogP contribution in [0.5, 0.6) is 11.5 Å². The summed E-state index contributed by atoms with van der Waals surface area (Å²) >= 11 is 0. The van der Waals surface area contributed by atoms with Gasteiger partial charge in [-0.15, -0.1) is 0 Å². The molecule has 1 atom stereocenters. The van der Waals surface area contributed by atoms with E-state index in [1.54, 1.807) is 7.11 Å². The van der Waals surface area contributed by atoms with Crippen molar-refractivity contribution in [1.29, 1.82) is 0 Å². The first-order valence-corrected chi connectivity index (χ1v) is 6.16. The molecule has 1 rings (SSSR count). The number of methoxy groups -OCH3 is 1. The van der Waals surface area contributed by atoms with Crippen molar-refractivity contribution in [3.63, 3.8) is 0 Å². The van der Waals surface area contributed by atoms with Crippen molar-refractivity contribution in [2.45, 2.75) is 45.8 Å². The van der Waals surface area contributed by atoms with Gasteiger partial charge in [-0.2, -0.15) is 0 Å². The first kappa shape index (κ1) is 13.8. The third kappa shape index (κ3) is 4.27. The van der Waals surface area contributed by atoms with Gasteiger partial charge in [-0.05, 0) is 38.3 Å². The van der Waals surface area contributed by atoms with Crippen LogP contribution in [-0.4, -0.2) is 19.3 Å². The Morgan fingerprint density at radius 3 is 2.53 bits per heavy atom. The van der Waals surface area contributed by atoms with Crippen molar-refractivity contribution in [2.75, 3.05) is 7.11 Å². The summed E-state index contributed by atoms with van der Waals surface area (Å²) in [6.07, 6.45) is 1.95. The molecule has 0 radical (unpaired) electrons. The molecule has 0 fully saturated rings. The van der Waals surface area contributed by atoms with E-state index in [1.165, 1.54) is 0 Å². The third-order valence-electron chi connectivity index (χ3n) is 2.64. The van der Waals surface area contributed by atoms with E-state index in [4.69, 9.17) is 15.2 Å². The van der Waals surface area contributed by atoms with Crippen molar-refractivity contribution < 1.29 is 9.47 Å². The Kier molecular flexibility index (Phi) is 5.29. The highest BCUT2D eigenvalue weighted by Gasteiger charge is 2.10. The summed E-state index contributed by atoms with van der Waals surface area (Å²) in [5, 5.41) is 0. The Morgan fingerprint density at radius 2 is 2.00 bits per heavy atom. The standard InChI is InChI=1S/C14H23NO2/c1-5-12(15)8-11-6-7-13(16-4)9-14(11)17-10(2)3/h6-7,9-10,12H,5,8,15H2,1-4H3. The Morgan fingerprint density at radius 1 is 1.29 bits per heavy atom. The number of rotatable bonds is 6. The van der Waals surface area contributed by atoms with E-state index in [2.05, 4.69) is 6.92 Å². The molecular formula is C14H23NO2. The van der Waals surface area contributed by atoms with Gasteiger partial charge < -0.3 is 15.2 Å². The number of nitrogens with two attached hydrogens (primary N) is 1. The van der Waals surface area contributed by atoms with Gasteiger partial charge in [0.05, 0.1) is 13.2 Å². The van der Waals surface area contributed by atoms with Gasteiger partial charge in [0.1, 0.15) is 11.5 Å². The summed E-state index contributed by atoms with van der Waals surface area (Å²) in [6, 6.07) is 6.09. The maximum absolute atomic E-state index is 5.99. The van der Waals surface area contributed by atoms with Crippen LogP contribution in [0.2, 0.25) is 0 Å². The van der Waals surface area contributed by atoms with E-state index < -0.39 is 0 Å². The highest BCUT2D eigenvalue weighted by Crippen LogP contribution is 2.27. The lowest BCUT2D eigenvalue weighted by molar-refractivity contribution is 0.238. The quantitative estimate of drug-likeness (QED) is 0.827. The van der Waals surface area contributed by atoms with Crippen LogP contribution in [0.3, 0.4) is 0 Å². The topological polar surface area (TPSA) is 44.5 Å². The van der Waals surface area contributed by atoms with Crippen LogP contribution < -0.4 is 15.2 Å². The minimum Gasteiger partial charge on any atom is -0.497 e. The molecule has 0 aromatic heterocycles. The average molecular weight is 237 g/mol. The van der Waals surface area contributed by atoms with E-state index >= 15 is 0 Å². The van der Waals surface area contributed by atoms with E-state index in [-0.39, 0.29) is 12.1 Å². The molecule has 0 bridgehead atoms. The minimum atomic E-state index is 0.152. The largest absolute Gasteiger partial charge is 0.497 e. The number of hydrogen-bond donors (Lipinski definition) is 1. The summed E-state index contributed by atoms with van der Waals surface area (Å²) in [6.45, 7) is 6.13. The summed E-state index contributed by atoms with van der Waals surface area (Å²) in [5.41, 5.74) is 7.14. The molecule has 0 aliphatic carbocycles. The molecule has 0 saturated heterocycles. The maximum Gasteiger partial charge on any atom is 0.126 e. The molecule has 0 aliphatic rings. The van der Waals surface area contributed by atoms with Crippen molar-refractivity contribution in [2.24, 2.45) is 5.73 Å². The fourth-order valence-corrected chi connectivity index (χ4v) is 1.62. The molecule has 96 valence electrons.